The van der Waals surface area contributed by atoms with Gasteiger partial charge in [0.25, 0.3) is 0 Å². The second-order valence-electron chi connectivity index (χ2n) is 4.30. The number of rotatable bonds is 1. The maximum Gasteiger partial charge on any atom is 0.137 e. The number of hydrogen-bond acceptors (Lipinski definition) is 2. The zero-order chi connectivity index (χ0) is 11.0. The highest BCUT2D eigenvalue weighted by Gasteiger charge is 2.17. The van der Waals surface area contributed by atoms with E-state index in [0.717, 1.165) is 23.2 Å². The van der Waals surface area contributed by atoms with Crippen molar-refractivity contribution in [2.45, 2.75) is 18.8 Å². The fourth-order valence-corrected chi connectivity index (χ4v) is 2.65. The Hall–Kier alpha value is -0.870. The third-order valence-electron chi connectivity index (χ3n) is 3.19. The SMILES string of the molecule is Brc1ccc2nc(C3CCNCC3)cn2c1. The minimum atomic E-state index is 0.625. The summed E-state index contributed by atoms with van der Waals surface area (Å²) in [6.07, 6.45) is 6.62. The van der Waals surface area contributed by atoms with Gasteiger partial charge in [-0.1, -0.05) is 0 Å². The standard InChI is InChI=1S/C12H14BrN3/c13-10-1-2-12-15-11(8-16(12)7-10)9-3-5-14-6-4-9/h1-2,7-9,14H,3-6H2. The molecule has 1 fully saturated rings. The van der Waals surface area contributed by atoms with Gasteiger partial charge in [-0.3, -0.25) is 0 Å². The van der Waals surface area contributed by atoms with Crippen LogP contribution in [0.5, 0.6) is 0 Å². The molecule has 1 N–H and O–H groups in total. The molecule has 0 aliphatic carbocycles. The Labute approximate surface area is 103 Å². The van der Waals surface area contributed by atoms with Gasteiger partial charge in [-0.15, -0.1) is 0 Å². The largest absolute Gasteiger partial charge is 0.317 e. The lowest BCUT2D eigenvalue weighted by Crippen LogP contribution is -2.26. The van der Waals surface area contributed by atoms with Gasteiger partial charge in [0.15, 0.2) is 0 Å². The lowest BCUT2D eigenvalue weighted by atomic mass is 9.95. The number of nitrogens with zero attached hydrogens (tertiary/aromatic N) is 2. The van der Waals surface area contributed by atoms with Gasteiger partial charge in [-0.2, -0.15) is 0 Å². The minimum absolute atomic E-state index is 0.625. The molecule has 0 radical (unpaired) electrons. The molecule has 3 nitrogen and oxygen atoms in total. The first-order valence-electron chi connectivity index (χ1n) is 5.68. The van der Waals surface area contributed by atoms with Crippen molar-refractivity contribution in [3.63, 3.8) is 0 Å². The molecule has 1 aliphatic heterocycles. The summed E-state index contributed by atoms with van der Waals surface area (Å²) >= 11 is 3.48. The molecule has 0 spiro atoms. The second kappa shape index (κ2) is 4.18. The van der Waals surface area contributed by atoms with E-state index in [1.54, 1.807) is 0 Å². The number of fused-ring (bicyclic) bond motifs is 1. The average Bonchev–Trinajstić information content (AvgIpc) is 2.73. The third-order valence-corrected chi connectivity index (χ3v) is 3.66. The van der Waals surface area contributed by atoms with Crippen LogP contribution in [0.15, 0.2) is 29.0 Å². The number of aromatic nitrogens is 2. The Morgan fingerprint density at radius 3 is 2.88 bits per heavy atom. The van der Waals surface area contributed by atoms with Crippen LogP contribution < -0.4 is 5.32 Å². The average molecular weight is 280 g/mol. The predicted molar refractivity (Wildman–Crippen MR) is 67.7 cm³/mol. The van der Waals surface area contributed by atoms with Gasteiger partial charge in [0.1, 0.15) is 5.65 Å². The number of halogens is 1. The van der Waals surface area contributed by atoms with Crippen LogP contribution in [0, 0.1) is 0 Å². The molecule has 0 aromatic carbocycles. The normalized spacial score (nSPS) is 18.1. The van der Waals surface area contributed by atoms with E-state index in [-0.39, 0.29) is 0 Å². The van der Waals surface area contributed by atoms with Gasteiger partial charge in [0.2, 0.25) is 0 Å². The summed E-state index contributed by atoms with van der Waals surface area (Å²) in [4.78, 5) is 4.69. The monoisotopic (exact) mass is 279 g/mol. The molecule has 1 aliphatic rings. The molecule has 0 amide bonds. The molecule has 0 saturated carbocycles. The smallest absolute Gasteiger partial charge is 0.137 e. The third kappa shape index (κ3) is 1.87. The van der Waals surface area contributed by atoms with Gasteiger partial charge < -0.3 is 9.72 Å². The quantitative estimate of drug-likeness (QED) is 0.870. The molecule has 84 valence electrons. The zero-order valence-corrected chi connectivity index (χ0v) is 10.6. The van der Waals surface area contributed by atoms with Crippen molar-refractivity contribution >= 4 is 21.6 Å². The molecule has 0 bridgehead atoms. The summed E-state index contributed by atoms with van der Waals surface area (Å²) in [5.41, 5.74) is 2.27. The summed E-state index contributed by atoms with van der Waals surface area (Å²) in [6.45, 7) is 2.23. The fraction of sp³-hybridized carbons (Fsp3) is 0.417. The number of pyridine rings is 1. The Kier molecular flexibility index (Phi) is 2.69. The lowest BCUT2D eigenvalue weighted by Gasteiger charge is -2.20. The van der Waals surface area contributed by atoms with Crippen molar-refractivity contribution in [1.29, 1.82) is 0 Å². The van der Waals surface area contributed by atoms with E-state index in [9.17, 15) is 0 Å². The Morgan fingerprint density at radius 1 is 1.25 bits per heavy atom. The van der Waals surface area contributed by atoms with E-state index in [2.05, 4.69) is 44.1 Å². The minimum Gasteiger partial charge on any atom is -0.317 e. The van der Waals surface area contributed by atoms with E-state index >= 15 is 0 Å². The Bertz CT molecular complexity index is 500. The predicted octanol–water partition coefficient (Wildman–Crippen LogP) is 2.56. The highest BCUT2D eigenvalue weighted by Crippen LogP contribution is 2.25. The van der Waals surface area contributed by atoms with E-state index in [4.69, 9.17) is 4.98 Å². The molecule has 0 unspecified atom stereocenters. The zero-order valence-electron chi connectivity index (χ0n) is 8.99. The molecule has 3 rings (SSSR count). The number of piperidine rings is 1. The van der Waals surface area contributed by atoms with Crippen molar-refractivity contribution < 1.29 is 0 Å². The highest BCUT2D eigenvalue weighted by atomic mass is 79.9. The van der Waals surface area contributed by atoms with E-state index in [1.165, 1.54) is 18.5 Å². The van der Waals surface area contributed by atoms with Crippen LogP contribution in [0.1, 0.15) is 24.5 Å². The second-order valence-corrected chi connectivity index (χ2v) is 5.22. The molecule has 0 atom stereocenters. The molecule has 4 heteroatoms. The van der Waals surface area contributed by atoms with Gasteiger partial charge in [0.05, 0.1) is 5.69 Å². The van der Waals surface area contributed by atoms with Crippen molar-refractivity contribution in [1.82, 2.24) is 14.7 Å². The first-order chi connectivity index (χ1) is 7.83. The molecule has 2 aromatic rings. The van der Waals surface area contributed by atoms with Crippen LogP contribution in [0.25, 0.3) is 5.65 Å². The van der Waals surface area contributed by atoms with Crippen molar-refractivity contribution in [3.05, 3.63) is 34.7 Å². The van der Waals surface area contributed by atoms with Gasteiger partial charge >= 0.3 is 0 Å². The summed E-state index contributed by atoms with van der Waals surface area (Å²) < 4.78 is 3.19. The van der Waals surface area contributed by atoms with Crippen LogP contribution in [0.3, 0.4) is 0 Å². The van der Waals surface area contributed by atoms with E-state index in [0.29, 0.717) is 5.92 Å². The first kappa shape index (κ1) is 10.3. The van der Waals surface area contributed by atoms with Crippen LogP contribution in [0.2, 0.25) is 0 Å². The fourth-order valence-electron chi connectivity index (χ4n) is 2.30. The van der Waals surface area contributed by atoms with Gasteiger partial charge in [-0.05, 0) is 54.0 Å². The molecular weight excluding hydrogens is 266 g/mol. The van der Waals surface area contributed by atoms with Crippen molar-refractivity contribution in [2.24, 2.45) is 0 Å². The maximum atomic E-state index is 4.69. The number of nitrogens with one attached hydrogen (secondary N) is 1. The Balaban J connectivity index is 1.97. The molecule has 3 heterocycles. The summed E-state index contributed by atoms with van der Waals surface area (Å²) in [7, 11) is 0. The molecule has 2 aromatic heterocycles. The lowest BCUT2D eigenvalue weighted by molar-refractivity contribution is 0.454. The topological polar surface area (TPSA) is 29.3 Å². The summed E-state index contributed by atoms with van der Waals surface area (Å²) in [5, 5.41) is 3.39. The first-order valence-corrected chi connectivity index (χ1v) is 6.47. The van der Waals surface area contributed by atoms with Crippen LogP contribution in [-0.2, 0) is 0 Å². The Morgan fingerprint density at radius 2 is 2.06 bits per heavy atom. The molecular formula is C12H14BrN3. The summed E-state index contributed by atoms with van der Waals surface area (Å²) in [6, 6.07) is 4.09. The van der Waals surface area contributed by atoms with Crippen molar-refractivity contribution in [3.8, 4) is 0 Å². The van der Waals surface area contributed by atoms with Gasteiger partial charge in [-0.25, -0.2) is 4.98 Å². The molecule has 16 heavy (non-hydrogen) atoms. The number of hydrogen-bond donors (Lipinski definition) is 1. The van der Waals surface area contributed by atoms with E-state index < -0.39 is 0 Å². The van der Waals surface area contributed by atoms with E-state index in [1.807, 2.05) is 6.07 Å². The van der Waals surface area contributed by atoms with Crippen molar-refractivity contribution in [2.75, 3.05) is 13.1 Å². The van der Waals surface area contributed by atoms with Crippen LogP contribution in [0.4, 0.5) is 0 Å². The number of imidazole rings is 1. The van der Waals surface area contributed by atoms with Gasteiger partial charge in [0, 0.05) is 22.8 Å². The van der Waals surface area contributed by atoms with Crippen LogP contribution >= 0.6 is 15.9 Å². The highest BCUT2D eigenvalue weighted by molar-refractivity contribution is 9.10. The molecule has 1 saturated heterocycles. The maximum absolute atomic E-state index is 4.69. The van der Waals surface area contributed by atoms with Crippen LogP contribution in [-0.4, -0.2) is 22.5 Å². The summed E-state index contributed by atoms with van der Waals surface area (Å²) in [5.74, 6) is 0.625.